The Balaban J connectivity index is 1.62. The number of hydrogen-bond donors (Lipinski definition) is 2. The number of piperidine rings is 1. The minimum absolute atomic E-state index is 0.0986. The molecule has 1 aliphatic rings. The molecule has 1 fully saturated rings. The molecular weight excluding hydrogens is 454 g/mol. The summed E-state index contributed by atoms with van der Waals surface area (Å²) in [6.07, 6.45) is 6.84. The number of methoxy groups -OCH3 is 2. The molecule has 3 N–H and O–H groups in total. The van der Waals surface area contributed by atoms with Crippen molar-refractivity contribution in [2.45, 2.75) is 32.2 Å². The van der Waals surface area contributed by atoms with Gasteiger partial charge in [0, 0.05) is 72.0 Å². The highest BCUT2D eigenvalue weighted by atomic mass is 19.1. The van der Waals surface area contributed by atoms with Crippen LogP contribution in [0.1, 0.15) is 36.6 Å². The number of benzene rings is 1. The van der Waals surface area contributed by atoms with Gasteiger partial charge in [-0.3, -0.25) is 10.1 Å². The van der Waals surface area contributed by atoms with Crippen LogP contribution in [0.4, 0.5) is 8.78 Å². The second kappa shape index (κ2) is 10.8. The molecule has 4 rings (SSSR count). The zero-order valence-electron chi connectivity index (χ0n) is 20.1. The van der Waals surface area contributed by atoms with Crippen LogP contribution in [0.3, 0.4) is 0 Å². The molecule has 0 spiro atoms. The van der Waals surface area contributed by atoms with Crippen molar-refractivity contribution in [3.05, 3.63) is 53.0 Å². The van der Waals surface area contributed by atoms with E-state index in [4.69, 9.17) is 20.2 Å². The van der Waals surface area contributed by atoms with Crippen LogP contribution in [0.25, 0.3) is 16.6 Å². The van der Waals surface area contributed by atoms with Crippen LogP contribution in [-0.4, -0.2) is 66.2 Å². The van der Waals surface area contributed by atoms with Gasteiger partial charge in [0.25, 0.3) is 0 Å². The summed E-state index contributed by atoms with van der Waals surface area (Å²) in [6.45, 7) is 5.29. The molecule has 1 saturated heterocycles. The first kappa shape index (κ1) is 24.6. The van der Waals surface area contributed by atoms with E-state index >= 15 is 0 Å². The largest absolute Gasteiger partial charge is 0.494 e. The van der Waals surface area contributed by atoms with Gasteiger partial charge in [-0.05, 0) is 25.5 Å². The van der Waals surface area contributed by atoms with Crippen LogP contribution in [0.5, 0.6) is 11.5 Å². The van der Waals surface area contributed by atoms with Gasteiger partial charge in [0.2, 0.25) is 0 Å². The molecule has 186 valence electrons. The number of ether oxygens (including phenoxy) is 2. The van der Waals surface area contributed by atoms with Gasteiger partial charge in [-0.25, -0.2) is 13.8 Å². The topological polar surface area (TPSA) is 102 Å². The number of H-pyrrole nitrogens is 1. The lowest BCUT2D eigenvalue weighted by Crippen LogP contribution is -2.35. The molecule has 0 atom stereocenters. The Kier molecular flexibility index (Phi) is 7.60. The third-order valence-corrected chi connectivity index (χ3v) is 6.45. The van der Waals surface area contributed by atoms with Gasteiger partial charge in [0.15, 0.2) is 28.8 Å². The molecule has 0 saturated carbocycles. The first-order valence-corrected chi connectivity index (χ1v) is 11.6. The SMILES string of the molecule is CCN1CCC(N=CC(=CN)c2cnc3n[nH]c(Cc4c(F)c(OC)cc(OC)c4F)c3c2)CC1. The molecule has 2 aromatic heterocycles. The lowest BCUT2D eigenvalue weighted by Gasteiger charge is -2.28. The van der Waals surface area contributed by atoms with Gasteiger partial charge in [-0.1, -0.05) is 6.92 Å². The average molecular weight is 485 g/mol. The van der Waals surface area contributed by atoms with Gasteiger partial charge < -0.3 is 20.1 Å². The number of nitrogens with two attached hydrogens (primary N) is 1. The minimum atomic E-state index is -0.790. The fourth-order valence-corrected chi connectivity index (χ4v) is 4.29. The van der Waals surface area contributed by atoms with Crippen LogP contribution in [0.15, 0.2) is 29.5 Å². The highest BCUT2D eigenvalue weighted by molar-refractivity contribution is 6.10. The van der Waals surface area contributed by atoms with E-state index in [1.807, 2.05) is 6.07 Å². The number of pyridine rings is 1. The number of likely N-dealkylation sites (tertiary alicyclic amines) is 1. The summed E-state index contributed by atoms with van der Waals surface area (Å²) in [7, 11) is 2.63. The zero-order valence-corrected chi connectivity index (χ0v) is 20.1. The van der Waals surface area contributed by atoms with Gasteiger partial charge in [0.1, 0.15) is 0 Å². The smallest absolute Gasteiger partial charge is 0.181 e. The van der Waals surface area contributed by atoms with E-state index < -0.39 is 11.6 Å². The van der Waals surface area contributed by atoms with Crippen LogP contribution in [-0.2, 0) is 6.42 Å². The average Bonchev–Trinajstić information content (AvgIpc) is 3.29. The number of fused-ring (bicyclic) bond motifs is 1. The molecule has 0 amide bonds. The highest BCUT2D eigenvalue weighted by Gasteiger charge is 2.22. The fraction of sp³-hybridized carbons (Fsp3) is 0.400. The van der Waals surface area contributed by atoms with Crippen molar-refractivity contribution < 1.29 is 18.3 Å². The van der Waals surface area contributed by atoms with E-state index in [1.54, 1.807) is 12.4 Å². The molecule has 0 aliphatic carbocycles. The third-order valence-electron chi connectivity index (χ3n) is 6.45. The molecule has 0 bridgehead atoms. The first-order chi connectivity index (χ1) is 17.0. The Morgan fingerprint density at radius 2 is 1.89 bits per heavy atom. The van der Waals surface area contributed by atoms with Gasteiger partial charge in [-0.15, -0.1) is 0 Å². The van der Waals surface area contributed by atoms with Crippen molar-refractivity contribution in [1.82, 2.24) is 20.1 Å². The van der Waals surface area contributed by atoms with Crippen molar-refractivity contribution in [2.24, 2.45) is 10.7 Å². The number of aromatic amines is 1. The maximum Gasteiger partial charge on any atom is 0.181 e. The Labute approximate surface area is 202 Å². The number of allylic oxidation sites excluding steroid dienone is 1. The molecule has 8 nitrogen and oxygen atoms in total. The predicted molar refractivity (Wildman–Crippen MR) is 132 cm³/mol. The zero-order chi connectivity index (χ0) is 24.9. The standard InChI is InChI=1S/C25H30F2N6O2/c1-4-33-7-5-17(6-8-33)29-14-16(12-28)15-9-18-20(31-32-25(18)30-13-15)10-19-23(26)21(34-2)11-22(35-3)24(19)27/h9,11-14,17H,4-8,10,28H2,1-3H3,(H,30,31,32). The van der Waals surface area contributed by atoms with Crippen molar-refractivity contribution in [2.75, 3.05) is 33.9 Å². The summed E-state index contributed by atoms with van der Waals surface area (Å²) in [5.41, 5.74) is 8.10. The van der Waals surface area contributed by atoms with E-state index in [2.05, 4.69) is 27.0 Å². The number of nitrogens with zero attached hydrogens (tertiary/aromatic N) is 4. The van der Waals surface area contributed by atoms with Gasteiger partial charge in [0.05, 0.1) is 20.3 Å². The lowest BCUT2D eigenvalue weighted by molar-refractivity contribution is 0.224. The second-order valence-electron chi connectivity index (χ2n) is 8.43. The van der Waals surface area contributed by atoms with E-state index in [1.165, 1.54) is 26.5 Å². The quantitative estimate of drug-likeness (QED) is 0.473. The number of halogens is 2. The summed E-state index contributed by atoms with van der Waals surface area (Å²) in [5, 5.41) is 7.67. The van der Waals surface area contributed by atoms with Crippen LogP contribution < -0.4 is 15.2 Å². The summed E-state index contributed by atoms with van der Waals surface area (Å²) in [5.74, 6) is -1.78. The van der Waals surface area contributed by atoms with E-state index in [9.17, 15) is 8.78 Å². The molecule has 3 aromatic rings. The van der Waals surface area contributed by atoms with E-state index in [-0.39, 0.29) is 29.5 Å². The Morgan fingerprint density at radius 3 is 2.49 bits per heavy atom. The van der Waals surface area contributed by atoms with Gasteiger partial charge >= 0.3 is 0 Å². The number of aromatic nitrogens is 3. The Hall–Kier alpha value is -3.53. The lowest BCUT2D eigenvalue weighted by atomic mass is 10.0. The summed E-state index contributed by atoms with van der Waals surface area (Å²) in [4.78, 5) is 11.5. The second-order valence-corrected chi connectivity index (χ2v) is 8.43. The third kappa shape index (κ3) is 5.12. The molecular formula is C25H30F2N6O2. The number of nitrogens with one attached hydrogen (secondary N) is 1. The normalized spacial score (nSPS) is 15.9. The van der Waals surface area contributed by atoms with E-state index in [0.717, 1.165) is 38.0 Å². The maximum atomic E-state index is 14.9. The summed E-state index contributed by atoms with van der Waals surface area (Å²) in [6, 6.07) is 3.28. The van der Waals surface area contributed by atoms with Crippen LogP contribution >= 0.6 is 0 Å². The molecule has 1 aromatic carbocycles. The van der Waals surface area contributed by atoms with Crippen LogP contribution in [0, 0.1) is 11.6 Å². The Bertz CT molecular complexity index is 1220. The molecule has 0 radical (unpaired) electrons. The molecule has 10 heteroatoms. The van der Waals surface area contributed by atoms with Crippen molar-refractivity contribution in [3.8, 4) is 11.5 Å². The van der Waals surface area contributed by atoms with Crippen molar-refractivity contribution in [1.29, 1.82) is 0 Å². The van der Waals surface area contributed by atoms with Crippen molar-refractivity contribution in [3.63, 3.8) is 0 Å². The van der Waals surface area contributed by atoms with Crippen molar-refractivity contribution >= 4 is 22.8 Å². The molecule has 1 aliphatic heterocycles. The Morgan fingerprint density at radius 1 is 1.20 bits per heavy atom. The van der Waals surface area contributed by atoms with Gasteiger partial charge in [-0.2, -0.15) is 5.10 Å². The van der Waals surface area contributed by atoms with Crippen LogP contribution in [0.2, 0.25) is 0 Å². The first-order valence-electron chi connectivity index (χ1n) is 11.6. The minimum Gasteiger partial charge on any atom is -0.494 e. The monoisotopic (exact) mass is 484 g/mol. The van der Waals surface area contributed by atoms with E-state index in [0.29, 0.717) is 22.3 Å². The molecule has 0 unspecified atom stereocenters. The molecule has 3 heterocycles. The summed E-state index contributed by atoms with van der Waals surface area (Å²) < 4.78 is 39.9. The fourth-order valence-electron chi connectivity index (χ4n) is 4.29. The predicted octanol–water partition coefficient (Wildman–Crippen LogP) is 3.70. The highest BCUT2D eigenvalue weighted by Crippen LogP contribution is 2.33. The number of rotatable bonds is 8. The maximum absolute atomic E-state index is 14.9. The molecule has 35 heavy (non-hydrogen) atoms. The number of hydrogen-bond acceptors (Lipinski definition) is 7. The number of aliphatic imine (C=N–C) groups is 1. The summed E-state index contributed by atoms with van der Waals surface area (Å²) >= 11 is 0.